The lowest BCUT2D eigenvalue weighted by Gasteiger charge is -2.36. The summed E-state index contributed by atoms with van der Waals surface area (Å²) >= 11 is 0. The number of aryl methyl sites for hydroxylation is 1. The first-order valence-electron chi connectivity index (χ1n) is 10.2. The largest absolute Gasteiger partial charge is 0.489 e. The highest BCUT2D eigenvalue weighted by molar-refractivity contribution is 14.0. The van der Waals surface area contributed by atoms with Crippen molar-refractivity contribution >= 4 is 35.8 Å². The highest BCUT2D eigenvalue weighted by atomic mass is 127. The van der Waals surface area contributed by atoms with Gasteiger partial charge in [-0.2, -0.15) is 0 Å². The van der Waals surface area contributed by atoms with Crippen LogP contribution in [0.1, 0.15) is 30.0 Å². The highest BCUT2D eigenvalue weighted by Crippen LogP contribution is 2.18. The van der Waals surface area contributed by atoms with E-state index in [1.165, 1.54) is 6.26 Å². The standard InChI is InChI=1S/C22H30N4O3.HI/c1-4-23-22(24-16-18(3)29-19-9-6-5-8-17(19)2)26-13-11-25(12-14-26)21(27)20-10-7-15-28-20;/h5-10,15,18H,4,11-14,16H2,1-3H3,(H,23,24);1H. The molecule has 0 radical (unpaired) electrons. The molecule has 0 aliphatic carbocycles. The van der Waals surface area contributed by atoms with Crippen molar-refractivity contribution in [3.05, 3.63) is 54.0 Å². The van der Waals surface area contributed by atoms with Crippen molar-refractivity contribution in [3.63, 3.8) is 0 Å². The third-order valence-corrected chi connectivity index (χ3v) is 4.85. The molecule has 30 heavy (non-hydrogen) atoms. The Morgan fingerprint density at radius 3 is 2.50 bits per heavy atom. The number of carbonyl (C=O) groups is 1. The number of nitrogens with zero attached hydrogens (tertiary/aromatic N) is 3. The molecular formula is C22H31IN4O3. The molecule has 0 saturated carbocycles. The van der Waals surface area contributed by atoms with Crippen LogP contribution >= 0.6 is 24.0 Å². The number of hydrogen-bond acceptors (Lipinski definition) is 4. The Labute approximate surface area is 195 Å². The fourth-order valence-electron chi connectivity index (χ4n) is 3.26. The third kappa shape index (κ3) is 6.38. The molecule has 7 nitrogen and oxygen atoms in total. The molecule has 0 spiro atoms. The van der Waals surface area contributed by atoms with Crippen LogP contribution in [-0.2, 0) is 0 Å². The predicted octanol–water partition coefficient (Wildman–Crippen LogP) is 3.40. The molecule has 1 N–H and O–H groups in total. The first-order chi connectivity index (χ1) is 14.1. The molecule has 1 aliphatic heterocycles. The van der Waals surface area contributed by atoms with E-state index in [9.17, 15) is 4.79 Å². The number of aliphatic imine (C=N–C) groups is 1. The van der Waals surface area contributed by atoms with E-state index in [-0.39, 0.29) is 36.0 Å². The molecule has 2 aromatic rings. The Kier molecular flexibility index (Phi) is 9.48. The van der Waals surface area contributed by atoms with Crippen molar-refractivity contribution in [2.45, 2.75) is 26.9 Å². The molecule has 164 valence electrons. The molecule has 1 aromatic carbocycles. The van der Waals surface area contributed by atoms with Crippen LogP contribution in [0, 0.1) is 6.92 Å². The zero-order valence-electron chi connectivity index (χ0n) is 17.8. The minimum absolute atomic E-state index is 0. The number of carbonyl (C=O) groups excluding carboxylic acids is 1. The van der Waals surface area contributed by atoms with Gasteiger partial charge in [0.05, 0.1) is 12.8 Å². The Balaban J connectivity index is 0.00000320. The molecule has 1 unspecified atom stereocenters. The summed E-state index contributed by atoms with van der Waals surface area (Å²) in [6.07, 6.45) is 1.49. The molecule has 1 amide bonds. The summed E-state index contributed by atoms with van der Waals surface area (Å²) in [4.78, 5) is 21.2. The first kappa shape index (κ1) is 24.0. The van der Waals surface area contributed by atoms with Gasteiger partial charge in [0.15, 0.2) is 11.7 Å². The predicted molar refractivity (Wildman–Crippen MR) is 129 cm³/mol. The van der Waals surface area contributed by atoms with Crippen LogP contribution in [0.5, 0.6) is 5.75 Å². The van der Waals surface area contributed by atoms with Crippen LogP contribution in [0.4, 0.5) is 0 Å². The van der Waals surface area contributed by atoms with Crippen molar-refractivity contribution < 1.29 is 13.9 Å². The van der Waals surface area contributed by atoms with Gasteiger partial charge in [0.2, 0.25) is 0 Å². The lowest BCUT2D eigenvalue weighted by Crippen LogP contribution is -2.53. The molecule has 1 saturated heterocycles. The molecule has 1 aromatic heterocycles. The van der Waals surface area contributed by atoms with E-state index in [0.717, 1.165) is 36.9 Å². The van der Waals surface area contributed by atoms with Crippen molar-refractivity contribution in [3.8, 4) is 5.75 Å². The van der Waals surface area contributed by atoms with E-state index in [4.69, 9.17) is 14.1 Å². The molecule has 1 atom stereocenters. The zero-order valence-corrected chi connectivity index (χ0v) is 20.2. The number of para-hydroxylation sites is 1. The van der Waals surface area contributed by atoms with E-state index in [2.05, 4.69) is 17.1 Å². The smallest absolute Gasteiger partial charge is 0.289 e. The molecular weight excluding hydrogens is 495 g/mol. The van der Waals surface area contributed by atoms with Crippen molar-refractivity contribution in [2.24, 2.45) is 4.99 Å². The second-order valence-electron chi connectivity index (χ2n) is 7.15. The molecule has 1 aliphatic rings. The van der Waals surface area contributed by atoms with Gasteiger partial charge >= 0.3 is 0 Å². The van der Waals surface area contributed by atoms with Crippen LogP contribution < -0.4 is 10.1 Å². The van der Waals surface area contributed by atoms with Crippen molar-refractivity contribution in [2.75, 3.05) is 39.3 Å². The summed E-state index contributed by atoms with van der Waals surface area (Å²) in [5.74, 6) is 2.08. The van der Waals surface area contributed by atoms with Crippen LogP contribution in [0.15, 0.2) is 52.1 Å². The topological polar surface area (TPSA) is 70.3 Å². The average molecular weight is 526 g/mol. The number of benzene rings is 1. The van der Waals surface area contributed by atoms with Crippen molar-refractivity contribution in [1.82, 2.24) is 15.1 Å². The SMILES string of the molecule is CCNC(=NCC(C)Oc1ccccc1C)N1CCN(C(=O)c2ccco2)CC1.I. The number of halogens is 1. The number of guanidine groups is 1. The second-order valence-corrected chi connectivity index (χ2v) is 7.15. The normalized spacial score (nSPS) is 15.4. The number of ether oxygens (including phenoxy) is 1. The Morgan fingerprint density at radius 1 is 1.17 bits per heavy atom. The van der Waals surface area contributed by atoms with Gasteiger partial charge in [-0.3, -0.25) is 4.79 Å². The Morgan fingerprint density at radius 2 is 1.87 bits per heavy atom. The van der Waals surface area contributed by atoms with Gasteiger partial charge in [0, 0.05) is 32.7 Å². The van der Waals surface area contributed by atoms with E-state index in [1.54, 1.807) is 12.1 Å². The maximum absolute atomic E-state index is 12.4. The summed E-state index contributed by atoms with van der Waals surface area (Å²) in [5, 5.41) is 3.35. The van der Waals surface area contributed by atoms with Gasteiger partial charge in [-0.05, 0) is 44.5 Å². The van der Waals surface area contributed by atoms with E-state index in [1.807, 2.05) is 43.0 Å². The number of hydrogen-bond donors (Lipinski definition) is 1. The van der Waals surface area contributed by atoms with Crippen LogP contribution in [-0.4, -0.2) is 67.0 Å². The molecule has 1 fully saturated rings. The summed E-state index contributed by atoms with van der Waals surface area (Å²) in [7, 11) is 0. The van der Waals surface area contributed by atoms with Gasteiger partial charge in [0.1, 0.15) is 11.9 Å². The van der Waals surface area contributed by atoms with Crippen LogP contribution in [0.3, 0.4) is 0 Å². The molecule has 0 bridgehead atoms. The third-order valence-electron chi connectivity index (χ3n) is 4.85. The van der Waals surface area contributed by atoms with Crippen LogP contribution in [0.25, 0.3) is 0 Å². The van der Waals surface area contributed by atoms with E-state index >= 15 is 0 Å². The number of nitrogens with one attached hydrogen (secondary N) is 1. The minimum Gasteiger partial charge on any atom is -0.489 e. The maximum Gasteiger partial charge on any atom is 0.289 e. The second kappa shape index (κ2) is 11.8. The maximum atomic E-state index is 12.4. The molecule has 2 heterocycles. The number of furan rings is 1. The van der Waals surface area contributed by atoms with Gasteiger partial charge < -0.3 is 24.3 Å². The Hall–Kier alpha value is -2.23. The van der Waals surface area contributed by atoms with E-state index < -0.39 is 0 Å². The van der Waals surface area contributed by atoms with E-state index in [0.29, 0.717) is 25.4 Å². The lowest BCUT2D eigenvalue weighted by molar-refractivity contribution is 0.0657. The summed E-state index contributed by atoms with van der Waals surface area (Å²) in [6, 6.07) is 11.4. The summed E-state index contributed by atoms with van der Waals surface area (Å²) < 4.78 is 11.3. The lowest BCUT2D eigenvalue weighted by atomic mass is 10.2. The first-order valence-corrected chi connectivity index (χ1v) is 10.2. The van der Waals surface area contributed by atoms with Gasteiger partial charge in [-0.25, -0.2) is 4.99 Å². The molecule has 8 heteroatoms. The quantitative estimate of drug-likeness (QED) is 0.355. The van der Waals surface area contributed by atoms with Gasteiger partial charge in [0.25, 0.3) is 5.91 Å². The minimum atomic E-state index is -0.0585. The van der Waals surface area contributed by atoms with Crippen molar-refractivity contribution in [1.29, 1.82) is 0 Å². The highest BCUT2D eigenvalue weighted by Gasteiger charge is 2.25. The fourth-order valence-corrected chi connectivity index (χ4v) is 3.26. The summed E-state index contributed by atoms with van der Waals surface area (Å²) in [5.41, 5.74) is 1.12. The monoisotopic (exact) mass is 526 g/mol. The summed E-state index contributed by atoms with van der Waals surface area (Å²) in [6.45, 7) is 10.2. The molecule has 3 rings (SSSR count). The number of amides is 1. The van der Waals surface area contributed by atoms with Crippen LogP contribution in [0.2, 0.25) is 0 Å². The van der Waals surface area contributed by atoms with Gasteiger partial charge in [-0.1, -0.05) is 18.2 Å². The fraction of sp³-hybridized carbons (Fsp3) is 0.455. The number of piperazine rings is 1. The Bertz CT molecular complexity index is 818. The zero-order chi connectivity index (χ0) is 20.6. The van der Waals surface area contributed by atoms with Gasteiger partial charge in [-0.15, -0.1) is 24.0 Å². The average Bonchev–Trinajstić information content (AvgIpc) is 3.27. The number of rotatable bonds is 6.